The molecule has 190 valence electrons. The zero-order valence-corrected chi connectivity index (χ0v) is 21.1. The molecule has 2 aromatic heterocycles. The summed E-state index contributed by atoms with van der Waals surface area (Å²) in [6, 6.07) is 19.9. The number of ether oxygens (including phenoxy) is 4. The van der Waals surface area contributed by atoms with Crippen molar-refractivity contribution < 1.29 is 18.9 Å². The van der Waals surface area contributed by atoms with Crippen LogP contribution in [-0.2, 0) is 9.47 Å². The van der Waals surface area contributed by atoms with Crippen molar-refractivity contribution in [1.29, 1.82) is 0 Å². The molecule has 1 atom stereocenters. The van der Waals surface area contributed by atoms with Gasteiger partial charge in [0.05, 0.1) is 25.9 Å². The third-order valence-electron chi connectivity index (χ3n) is 6.06. The molecule has 4 aromatic rings. The predicted molar refractivity (Wildman–Crippen MR) is 144 cm³/mol. The average molecular weight is 489 g/mol. The molecular formula is C30H36N2O4. The van der Waals surface area contributed by atoms with Gasteiger partial charge >= 0.3 is 0 Å². The van der Waals surface area contributed by atoms with E-state index in [1.807, 2.05) is 60.7 Å². The van der Waals surface area contributed by atoms with Crippen LogP contribution in [-0.4, -0.2) is 49.1 Å². The van der Waals surface area contributed by atoms with E-state index in [-0.39, 0.29) is 6.10 Å². The maximum Gasteiger partial charge on any atom is 0.145 e. The van der Waals surface area contributed by atoms with Gasteiger partial charge in [-0.1, -0.05) is 69.0 Å². The Morgan fingerprint density at radius 3 is 2.00 bits per heavy atom. The highest BCUT2D eigenvalue weighted by molar-refractivity contribution is 5.84. The fourth-order valence-electron chi connectivity index (χ4n) is 4.17. The highest BCUT2D eigenvalue weighted by Crippen LogP contribution is 2.24. The third-order valence-corrected chi connectivity index (χ3v) is 6.06. The number of benzene rings is 2. The molecule has 0 bridgehead atoms. The lowest BCUT2D eigenvalue weighted by atomic mass is 10.1. The summed E-state index contributed by atoms with van der Waals surface area (Å²) in [5.41, 5.74) is 1.75. The van der Waals surface area contributed by atoms with Gasteiger partial charge in [0, 0.05) is 23.2 Å². The molecule has 0 amide bonds. The van der Waals surface area contributed by atoms with Gasteiger partial charge in [-0.05, 0) is 30.7 Å². The molecule has 0 spiro atoms. The van der Waals surface area contributed by atoms with Crippen LogP contribution < -0.4 is 9.47 Å². The second-order valence-electron chi connectivity index (χ2n) is 8.78. The van der Waals surface area contributed by atoms with Crippen molar-refractivity contribution in [1.82, 2.24) is 9.97 Å². The molecule has 0 saturated heterocycles. The molecule has 0 aliphatic heterocycles. The van der Waals surface area contributed by atoms with E-state index in [4.69, 9.17) is 18.9 Å². The van der Waals surface area contributed by atoms with E-state index < -0.39 is 0 Å². The Balaban J connectivity index is 1.19. The van der Waals surface area contributed by atoms with E-state index in [9.17, 15) is 0 Å². The number of hydrogen-bond acceptors (Lipinski definition) is 6. The molecule has 0 fully saturated rings. The highest BCUT2D eigenvalue weighted by atomic mass is 16.6. The molecule has 2 heterocycles. The highest BCUT2D eigenvalue weighted by Gasteiger charge is 2.12. The van der Waals surface area contributed by atoms with Gasteiger partial charge in [-0.2, -0.15) is 0 Å². The standard InChI is InChI=1S/C30H36N2O4/c1-2-3-4-5-14-26(23-36-28-16-7-11-25-13-9-18-32-30(25)28)34-21-19-33-20-22-35-27-15-6-10-24-12-8-17-31-29(24)27/h6-13,15-18,26H,2-5,14,19-23H2,1H3. The van der Waals surface area contributed by atoms with Gasteiger partial charge in [-0.15, -0.1) is 0 Å². The molecule has 1 unspecified atom stereocenters. The van der Waals surface area contributed by atoms with E-state index in [0.717, 1.165) is 46.1 Å². The Labute approximate surface area is 213 Å². The van der Waals surface area contributed by atoms with Gasteiger partial charge in [0.15, 0.2) is 0 Å². The van der Waals surface area contributed by atoms with E-state index in [2.05, 4.69) is 16.9 Å². The fourth-order valence-corrected chi connectivity index (χ4v) is 4.17. The SMILES string of the molecule is CCCCCCC(COc1cccc2cccnc12)OCCOCCOc1cccc2cccnc12. The summed E-state index contributed by atoms with van der Waals surface area (Å²) in [6.45, 7) is 4.71. The first-order valence-electron chi connectivity index (χ1n) is 13.0. The number of nitrogens with zero attached hydrogens (tertiary/aromatic N) is 2. The normalized spacial score (nSPS) is 12.1. The second-order valence-corrected chi connectivity index (χ2v) is 8.78. The van der Waals surface area contributed by atoms with Crippen LogP contribution in [0.1, 0.15) is 39.0 Å². The zero-order chi connectivity index (χ0) is 24.8. The minimum Gasteiger partial charge on any atom is -0.489 e. The van der Waals surface area contributed by atoms with E-state index in [0.29, 0.717) is 33.0 Å². The van der Waals surface area contributed by atoms with E-state index in [1.165, 1.54) is 19.3 Å². The van der Waals surface area contributed by atoms with Crippen LogP contribution in [0.15, 0.2) is 73.1 Å². The van der Waals surface area contributed by atoms with Gasteiger partial charge in [0.25, 0.3) is 0 Å². The number of hydrogen-bond donors (Lipinski definition) is 0. The van der Waals surface area contributed by atoms with Crippen LogP contribution in [0.25, 0.3) is 21.8 Å². The molecule has 6 heteroatoms. The van der Waals surface area contributed by atoms with Gasteiger partial charge in [0.1, 0.15) is 35.7 Å². The van der Waals surface area contributed by atoms with Crippen LogP contribution in [0.3, 0.4) is 0 Å². The van der Waals surface area contributed by atoms with E-state index in [1.54, 1.807) is 12.4 Å². The maximum atomic E-state index is 6.16. The number of fused-ring (bicyclic) bond motifs is 2. The average Bonchev–Trinajstić information content (AvgIpc) is 2.93. The largest absolute Gasteiger partial charge is 0.489 e. The number of rotatable bonds is 16. The topological polar surface area (TPSA) is 62.7 Å². The van der Waals surface area contributed by atoms with Gasteiger partial charge in [0.2, 0.25) is 0 Å². The Kier molecular flexibility index (Phi) is 10.3. The lowest BCUT2D eigenvalue weighted by Gasteiger charge is -2.19. The first-order chi connectivity index (χ1) is 17.8. The van der Waals surface area contributed by atoms with Crippen molar-refractivity contribution in [2.24, 2.45) is 0 Å². The molecule has 0 saturated carbocycles. The lowest BCUT2D eigenvalue weighted by molar-refractivity contribution is -0.0218. The van der Waals surface area contributed by atoms with Crippen molar-refractivity contribution in [3.05, 3.63) is 73.1 Å². The van der Waals surface area contributed by atoms with Crippen molar-refractivity contribution in [3.63, 3.8) is 0 Å². The van der Waals surface area contributed by atoms with Gasteiger partial charge < -0.3 is 18.9 Å². The van der Waals surface area contributed by atoms with Crippen LogP contribution in [0.2, 0.25) is 0 Å². The summed E-state index contributed by atoms with van der Waals surface area (Å²) in [6.07, 6.45) is 9.36. The molecular weight excluding hydrogens is 452 g/mol. The summed E-state index contributed by atoms with van der Waals surface area (Å²) in [4.78, 5) is 8.91. The Bertz CT molecular complexity index is 1190. The smallest absolute Gasteiger partial charge is 0.145 e. The van der Waals surface area contributed by atoms with Crippen molar-refractivity contribution >= 4 is 21.8 Å². The lowest BCUT2D eigenvalue weighted by Crippen LogP contribution is -2.24. The number of para-hydroxylation sites is 2. The Morgan fingerprint density at radius 1 is 0.667 bits per heavy atom. The van der Waals surface area contributed by atoms with Crippen LogP contribution >= 0.6 is 0 Å². The number of unbranched alkanes of at least 4 members (excludes halogenated alkanes) is 3. The van der Waals surface area contributed by atoms with Crippen LogP contribution in [0.4, 0.5) is 0 Å². The second kappa shape index (κ2) is 14.4. The quantitative estimate of drug-likeness (QED) is 0.165. The summed E-state index contributed by atoms with van der Waals surface area (Å²) in [5.74, 6) is 1.58. The monoisotopic (exact) mass is 488 g/mol. The fraction of sp³-hybridized carbons (Fsp3) is 0.400. The number of pyridine rings is 2. The first-order valence-corrected chi connectivity index (χ1v) is 13.0. The molecule has 4 rings (SSSR count). The minimum absolute atomic E-state index is 0.0161. The molecule has 0 aliphatic carbocycles. The Hall–Kier alpha value is -3.22. The minimum atomic E-state index is 0.0161. The van der Waals surface area contributed by atoms with Crippen LogP contribution in [0.5, 0.6) is 11.5 Å². The zero-order valence-electron chi connectivity index (χ0n) is 21.1. The Morgan fingerprint density at radius 2 is 1.31 bits per heavy atom. The van der Waals surface area contributed by atoms with Crippen molar-refractivity contribution in [3.8, 4) is 11.5 Å². The summed E-state index contributed by atoms with van der Waals surface area (Å²) < 4.78 is 24.0. The van der Waals surface area contributed by atoms with Crippen LogP contribution in [0, 0.1) is 0 Å². The molecule has 0 aliphatic rings. The molecule has 2 aromatic carbocycles. The van der Waals surface area contributed by atoms with Crippen molar-refractivity contribution in [2.45, 2.75) is 45.1 Å². The molecule has 6 nitrogen and oxygen atoms in total. The molecule has 36 heavy (non-hydrogen) atoms. The maximum absolute atomic E-state index is 6.16. The van der Waals surface area contributed by atoms with Gasteiger partial charge in [-0.25, -0.2) is 0 Å². The molecule has 0 radical (unpaired) electrons. The van der Waals surface area contributed by atoms with E-state index >= 15 is 0 Å². The summed E-state index contributed by atoms with van der Waals surface area (Å²) >= 11 is 0. The first kappa shape index (κ1) is 25.9. The van der Waals surface area contributed by atoms with Crippen molar-refractivity contribution in [2.75, 3.05) is 33.0 Å². The third kappa shape index (κ3) is 7.64. The number of aromatic nitrogens is 2. The summed E-state index contributed by atoms with van der Waals surface area (Å²) in [7, 11) is 0. The molecule has 0 N–H and O–H groups in total. The van der Waals surface area contributed by atoms with Gasteiger partial charge in [-0.3, -0.25) is 9.97 Å². The predicted octanol–water partition coefficient (Wildman–Crippen LogP) is 6.61. The summed E-state index contributed by atoms with van der Waals surface area (Å²) in [5, 5.41) is 2.14.